The molecule has 2 N–H and O–H groups in total. The molecule has 0 saturated carbocycles. The second-order valence-electron chi connectivity index (χ2n) is 5.35. The quantitative estimate of drug-likeness (QED) is 0.885. The Kier molecular flexibility index (Phi) is 3.40. The van der Waals surface area contributed by atoms with Crippen molar-refractivity contribution >= 4 is 28.1 Å². The second kappa shape index (κ2) is 5.10. The number of fused-ring (bicyclic) bond motifs is 1. The van der Waals surface area contributed by atoms with Gasteiger partial charge in [-0.05, 0) is 26.7 Å². The van der Waals surface area contributed by atoms with E-state index in [1.54, 1.807) is 4.90 Å². The first kappa shape index (κ1) is 14.0. The monoisotopic (exact) mass is 307 g/mol. The number of hydrogen-bond donors (Lipinski definition) is 1. The van der Waals surface area contributed by atoms with Crippen LogP contribution in [0.4, 0.5) is 0 Å². The number of amides is 2. The van der Waals surface area contributed by atoms with E-state index < -0.39 is 0 Å². The number of hydrogen-bond acceptors (Lipinski definition) is 5. The van der Waals surface area contributed by atoms with E-state index in [2.05, 4.69) is 10.2 Å². The summed E-state index contributed by atoms with van der Waals surface area (Å²) in [5.41, 5.74) is 6.19. The highest BCUT2D eigenvalue weighted by molar-refractivity contribution is 7.19. The van der Waals surface area contributed by atoms with Crippen LogP contribution in [0.15, 0.2) is 0 Å². The molecule has 2 aromatic heterocycles. The summed E-state index contributed by atoms with van der Waals surface area (Å²) in [5, 5.41) is 8.07. The Bertz CT molecular complexity index is 712. The Hall–Kier alpha value is -1.96. The van der Waals surface area contributed by atoms with Gasteiger partial charge in [-0.1, -0.05) is 11.3 Å². The van der Waals surface area contributed by atoms with Gasteiger partial charge in [-0.2, -0.15) is 0 Å². The molecule has 8 heteroatoms. The number of likely N-dealkylation sites (tertiary alicyclic amines) is 1. The summed E-state index contributed by atoms with van der Waals surface area (Å²) < 4.78 is 1.90. The zero-order valence-electron chi connectivity index (χ0n) is 12.0. The largest absolute Gasteiger partial charge is 0.369 e. The second-order valence-corrected chi connectivity index (χ2v) is 6.33. The highest BCUT2D eigenvalue weighted by Gasteiger charge is 2.29. The molecule has 0 bridgehead atoms. The molecule has 0 spiro atoms. The number of primary amides is 1. The van der Waals surface area contributed by atoms with Gasteiger partial charge < -0.3 is 10.6 Å². The number of thiazole rings is 1. The van der Waals surface area contributed by atoms with Crippen molar-refractivity contribution in [2.75, 3.05) is 13.1 Å². The number of nitrogens with two attached hydrogens (primary N) is 1. The van der Waals surface area contributed by atoms with Gasteiger partial charge in [0.05, 0.1) is 0 Å². The van der Waals surface area contributed by atoms with Gasteiger partial charge in [-0.25, -0.2) is 0 Å². The summed E-state index contributed by atoms with van der Waals surface area (Å²) in [6.45, 7) is 4.92. The Labute approximate surface area is 125 Å². The highest BCUT2D eigenvalue weighted by atomic mass is 32.1. The number of rotatable bonds is 2. The van der Waals surface area contributed by atoms with Crippen molar-refractivity contribution in [3.63, 3.8) is 0 Å². The van der Waals surface area contributed by atoms with Crippen molar-refractivity contribution < 1.29 is 9.59 Å². The number of nitrogens with zero attached hydrogens (tertiary/aromatic N) is 4. The standard InChI is InChI=1S/C13H17N5O2S/c1-7-10(21-13-16-15-8(2)18(7)13)12(20)17-5-3-9(4-6-17)11(14)19/h9H,3-6H2,1-2H3,(H2,14,19). The van der Waals surface area contributed by atoms with Gasteiger partial charge in [0.25, 0.3) is 5.91 Å². The molecule has 21 heavy (non-hydrogen) atoms. The molecule has 0 aliphatic carbocycles. The first-order valence-electron chi connectivity index (χ1n) is 6.88. The minimum absolute atomic E-state index is 0.00493. The summed E-state index contributed by atoms with van der Waals surface area (Å²) >= 11 is 1.36. The topological polar surface area (TPSA) is 93.6 Å². The van der Waals surface area contributed by atoms with Crippen LogP contribution >= 0.6 is 11.3 Å². The van der Waals surface area contributed by atoms with Gasteiger partial charge in [-0.15, -0.1) is 10.2 Å². The van der Waals surface area contributed by atoms with Crippen molar-refractivity contribution in [2.24, 2.45) is 11.7 Å². The molecule has 0 atom stereocenters. The molecule has 1 aliphatic heterocycles. The molecule has 1 aliphatic rings. The van der Waals surface area contributed by atoms with Gasteiger partial charge in [0.15, 0.2) is 0 Å². The molecular formula is C13H17N5O2S. The predicted molar refractivity (Wildman–Crippen MR) is 78.2 cm³/mol. The van der Waals surface area contributed by atoms with Crippen molar-refractivity contribution in [2.45, 2.75) is 26.7 Å². The minimum Gasteiger partial charge on any atom is -0.369 e. The van der Waals surface area contributed by atoms with E-state index in [-0.39, 0.29) is 17.7 Å². The molecule has 0 aromatic carbocycles. The number of carbonyl (C=O) groups excluding carboxylic acids is 2. The maximum Gasteiger partial charge on any atom is 0.265 e. The van der Waals surface area contributed by atoms with Crippen LogP contribution in [-0.4, -0.2) is 44.4 Å². The van der Waals surface area contributed by atoms with E-state index in [4.69, 9.17) is 5.73 Å². The third kappa shape index (κ3) is 2.29. The third-order valence-electron chi connectivity index (χ3n) is 4.03. The predicted octanol–water partition coefficient (Wildman–Crippen LogP) is 0.745. The normalized spacial score (nSPS) is 16.6. The lowest BCUT2D eigenvalue weighted by Gasteiger charge is -2.30. The van der Waals surface area contributed by atoms with E-state index >= 15 is 0 Å². The lowest BCUT2D eigenvalue weighted by molar-refractivity contribution is -0.123. The molecule has 2 amide bonds. The van der Waals surface area contributed by atoms with Crippen molar-refractivity contribution in [3.05, 3.63) is 16.4 Å². The molecule has 3 heterocycles. The molecule has 112 valence electrons. The molecule has 7 nitrogen and oxygen atoms in total. The summed E-state index contributed by atoms with van der Waals surface area (Å²) in [7, 11) is 0. The van der Waals surface area contributed by atoms with Crippen LogP contribution in [0.3, 0.4) is 0 Å². The van der Waals surface area contributed by atoms with Crippen LogP contribution in [0.5, 0.6) is 0 Å². The summed E-state index contributed by atoms with van der Waals surface area (Å²) in [6, 6.07) is 0. The molecular weight excluding hydrogens is 290 g/mol. The fourth-order valence-electron chi connectivity index (χ4n) is 2.77. The average molecular weight is 307 g/mol. The van der Waals surface area contributed by atoms with Crippen molar-refractivity contribution in [3.8, 4) is 0 Å². The van der Waals surface area contributed by atoms with Gasteiger partial charge in [0.2, 0.25) is 10.9 Å². The fourth-order valence-corrected chi connectivity index (χ4v) is 3.85. The lowest BCUT2D eigenvalue weighted by Crippen LogP contribution is -2.41. The Morgan fingerprint density at radius 1 is 1.24 bits per heavy atom. The van der Waals surface area contributed by atoms with Crippen LogP contribution in [0.2, 0.25) is 0 Å². The van der Waals surface area contributed by atoms with E-state index in [0.717, 1.165) is 16.5 Å². The molecule has 3 rings (SSSR count). The Balaban J connectivity index is 1.81. The van der Waals surface area contributed by atoms with Crippen molar-refractivity contribution in [1.82, 2.24) is 19.5 Å². The average Bonchev–Trinajstić information content (AvgIpc) is 2.99. The number of piperidine rings is 1. The van der Waals surface area contributed by atoms with E-state index in [1.807, 2.05) is 18.2 Å². The van der Waals surface area contributed by atoms with Gasteiger partial charge in [0, 0.05) is 24.7 Å². The smallest absolute Gasteiger partial charge is 0.265 e. The summed E-state index contributed by atoms with van der Waals surface area (Å²) in [5.74, 6) is 0.410. The van der Waals surface area contributed by atoms with Crippen LogP contribution in [0, 0.1) is 19.8 Å². The Morgan fingerprint density at radius 3 is 2.48 bits per heavy atom. The zero-order chi connectivity index (χ0) is 15.1. The highest BCUT2D eigenvalue weighted by Crippen LogP contribution is 2.26. The number of carbonyl (C=O) groups is 2. The maximum absolute atomic E-state index is 12.6. The summed E-state index contributed by atoms with van der Waals surface area (Å²) in [4.78, 5) is 27.0. The molecule has 1 saturated heterocycles. The SMILES string of the molecule is Cc1nnc2sc(C(=O)N3CCC(C(N)=O)CC3)c(C)n12. The van der Waals surface area contributed by atoms with Crippen molar-refractivity contribution in [1.29, 1.82) is 0 Å². The molecule has 2 aromatic rings. The van der Waals surface area contributed by atoms with E-state index in [9.17, 15) is 9.59 Å². The molecule has 0 radical (unpaired) electrons. The molecule has 1 fully saturated rings. The van der Waals surface area contributed by atoms with E-state index in [0.29, 0.717) is 30.8 Å². The zero-order valence-corrected chi connectivity index (χ0v) is 12.8. The van der Waals surface area contributed by atoms with Crippen LogP contribution in [0.25, 0.3) is 4.96 Å². The third-order valence-corrected chi connectivity index (χ3v) is 5.15. The fraction of sp³-hybridized carbons (Fsp3) is 0.538. The van der Waals surface area contributed by atoms with Crippen LogP contribution in [-0.2, 0) is 4.79 Å². The first-order valence-corrected chi connectivity index (χ1v) is 7.70. The Morgan fingerprint density at radius 2 is 1.90 bits per heavy atom. The maximum atomic E-state index is 12.6. The minimum atomic E-state index is -0.269. The van der Waals surface area contributed by atoms with Crippen LogP contribution in [0.1, 0.15) is 34.0 Å². The first-order chi connectivity index (χ1) is 9.99. The lowest BCUT2D eigenvalue weighted by atomic mass is 9.96. The number of aryl methyl sites for hydroxylation is 2. The van der Waals surface area contributed by atoms with Gasteiger partial charge in [-0.3, -0.25) is 14.0 Å². The molecule has 0 unspecified atom stereocenters. The number of aromatic nitrogens is 3. The van der Waals surface area contributed by atoms with Crippen LogP contribution < -0.4 is 5.73 Å². The van der Waals surface area contributed by atoms with E-state index in [1.165, 1.54) is 11.3 Å². The van der Waals surface area contributed by atoms with Gasteiger partial charge >= 0.3 is 0 Å². The van der Waals surface area contributed by atoms with Gasteiger partial charge in [0.1, 0.15) is 10.7 Å². The summed E-state index contributed by atoms with van der Waals surface area (Å²) in [6.07, 6.45) is 1.28.